The Bertz CT molecular complexity index is 733. The Morgan fingerprint density at radius 1 is 1.31 bits per heavy atom. The Hall–Kier alpha value is -1.79. The van der Waals surface area contributed by atoms with Gasteiger partial charge in [0.1, 0.15) is 12.1 Å². The molecule has 0 aromatic heterocycles. The molecule has 1 aromatic rings. The Labute approximate surface area is 162 Å². The number of carbonyl (C=O) groups excluding carboxylic acids is 3. The molecule has 0 bridgehead atoms. The van der Waals surface area contributed by atoms with Crippen LogP contribution >= 0.6 is 23.2 Å². The minimum Gasteiger partial charge on any atom is -0.347 e. The molecule has 1 aromatic carbocycles. The van der Waals surface area contributed by atoms with Crippen molar-refractivity contribution in [3.8, 4) is 0 Å². The number of halogens is 2. The molecule has 6 nitrogen and oxygen atoms in total. The number of hydrogen-bond donors (Lipinski definition) is 2. The van der Waals surface area contributed by atoms with Gasteiger partial charge < -0.3 is 15.5 Å². The smallest absolute Gasteiger partial charge is 0.254 e. The summed E-state index contributed by atoms with van der Waals surface area (Å²) in [5.74, 6) is -0.364. The second-order valence-corrected chi connectivity index (χ2v) is 8.01. The molecule has 8 heteroatoms. The highest BCUT2D eigenvalue weighted by atomic mass is 35.5. The topological polar surface area (TPSA) is 78.5 Å². The number of nitrogens with zero attached hydrogens (tertiary/aromatic N) is 1. The Morgan fingerprint density at radius 3 is 2.58 bits per heavy atom. The minimum absolute atomic E-state index is 0.0872. The molecule has 0 saturated carbocycles. The van der Waals surface area contributed by atoms with E-state index >= 15 is 0 Å². The molecule has 0 spiro atoms. The van der Waals surface area contributed by atoms with Gasteiger partial charge in [0.2, 0.25) is 11.8 Å². The largest absolute Gasteiger partial charge is 0.347 e. The number of amides is 3. The molecule has 2 aliphatic rings. The average molecular weight is 398 g/mol. The van der Waals surface area contributed by atoms with Crippen molar-refractivity contribution < 1.29 is 14.4 Å². The van der Waals surface area contributed by atoms with E-state index in [2.05, 4.69) is 10.6 Å². The van der Waals surface area contributed by atoms with Crippen LogP contribution < -0.4 is 10.6 Å². The molecule has 3 atom stereocenters. The highest BCUT2D eigenvalue weighted by Crippen LogP contribution is 2.27. The van der Waals surface area contributed by atoms with Crippen molar-refractivity contribution in [2.24, 2.45) is 5.92 Å². The van der Waals surface area contributed by atoms with Crippen molar-refractivity contribution in [2.45, 2.75) is 44.8 Å². The quantitative estimate of drug-likeness (QED) is 0.817. The SMILES string of the molecule is CC(C)C[C@H]1NC(=O)[C@@H]2C[C@H](NC(=O)c3c(Cl)cccc3Cl)CN2C1=O. The molecule has 26 heavy (non-hydrogen) atoms. The fraction of sp³-hybridized carbons (Fsp3) is 0.500. The molecule has 0 radical (unpaired) electrons. The number of fused-ring (bicyclic) bond motifs is 1. The summed E-state index contributed by atoms with van der Waals surface area (Å²) in [6.07, 6.45) is 0.972. The molecule has 3 amide bonds. The molecule has 140 valence electrons. The summed E-state index contributed by atoms with van der Waals surface area (Å²) >= 11 is 12.1. The lowest BCUT2D eigenvalue weighted by Crippen LogP contribution is -2.61. The molecular weight excluding hydrogens is 377 g/mol. The average Bonchev–Trinajstić information content (AvgIpc) is 2.96. The van der Waals surface area contributed by atoms with E-state index in [4.69, 9.17) is 23.2 Å². The van der Waals surface area contributed by atoms with Crippen LogP contribution in [0.15, 0.2) is 18.2 Å². The van der Waals surface area contributed by atoms with Crippen LogP contribution in [-0.2, 0) is 9.59 Å². The Morgan fingerprint density at radius 2 is 1.96 bits per heavy atom. The maximum absolute atomic E-state index is 12.7. The third kappa shape index (κ3) is 3.67. The summed E-state index contributed by atoms with van der Waals surface area (Å²) in [5, 5.41) is 6.18. The number of rotatable bonds is 4. The van der Waals surface area contributed by atoms with Crippen LogP contribution in [0.2, 0.25) is 10.0 Å². The van der Waals surface area contributed by atoms with Crippen molar-refractivity contribution >= 4 is 40.9 Å². The lowest BCUT2D eigenvalue weighted by Gasteiger charge is -2.35. The predicted octanol–water partition coefficient (Wildman–Crippen LogP) is 2.24. The van der Waals surface area contributed by atoms with E-state index in [0.29, 0.717) is 25.3 Å². The van der Waals surface area contributed by atoms with Gasteiger partial charge in [0.25, 0.3) is 5.91 Å². The molecule has 0 unspecified atom stereocenters. The molecule has 2 saturated heterocycles. The maximum atomic E-state index is 12.7. The predicted molar refractivity (Wildman–Crippen MR) is 99.2 cm³/mol. The molecule has 0 aliphatic carbocycles. The molecule has 2 fully saturated rings. The Balaban J connectivity index is 1.71. The van der Waals surface area contributed by atoms with Crippen LogP contribution in [0.4, 0.5) is 0 Å². The van der Waals surface area contributed by atoms with Crippen molar-refractivity contribution in [3.63, 3.8) is 0 Å². The Kier molecular flexibility index (Phi) is 5.44. The lowest BCUT2D eigenvalue weighted by molar-refractivity contribution is -0.147. The minimum atomic E-state index is -0.544. The van der Waals surface area contributed by atoms with E-state index in [1.165, 1.54) is 0 Å². The third-order valence-electron chi connectivity index (χ3n) is 4.73. The summed E-state index contributed by atoms with van der Waals surface area (Å²) in [6, 6.07) is 3.48. The first-order chi connectivity index (χ1) is 12.3. The molecule has 3 rings (SSSR count). The summed E-state index contributed by atoms with van der Waals surface area (Å²) in [6.45, 7) is 4.32. The fourth-order valence-corrected chi connectivity index (χ4v) is 4.14. The fourth-order valence-electron chi connectivity index (χ4n) is 3.57. The molecule has 2 aliphatic heterocycles. The van der Waals surface area contributed by atoms with Crippen molar-refractivity contribution in [2.75, 3.05) is 6.54 Å². The van der Waals surface area contributed by atoms with Crippen LogP contribution in [0, 0.1) is 5.92 Å². The maximum Gasteiger partial charge on any atom is 0.254 e. The second kappa shape index (κ2) is 7.45. The van der Waals surface area contributed by atoms with Crippen molar-refractivity contribution in [3.05, 3.63) is 33.8 Å². The van der Waals surface area contributed by atoms with E-state index < -0.39 is 18.0 Å². The summed E-state index contributed by atoms with van der Waals surface area (Å²) < 4.78 is 0. The number of carbonyl (C=O) groups is 3. The number of benzene rings is 1. The number of nitrogens with one attached hydrogen (secondary N) is 2. The number of hydrogen-bond acceptors (Lipinski definition) is 3. The highest BCUT2D eigenvalue weighted by Gasteiger charge is 2.46. The molecule has 2 heterocycles. The standard InChI is InChI=1S/C18H21Cl2N3O3/c1-9(2)6-13-18(26)23-8-10(7-14(23)16(24)22-13)21-17(25)15-11(19)4-3-5-12(15)20/h3-5,9-10,13-14H,6-8H2,1-2H3,(H,21,25)(H,22,24)/t10-,13+,14-/m0/s1. The second-order valence-electron chi connectivity index (χ2n) is 7.20. The van der Waals surface area contributed by atoms with Crippen LogP contribution in [0.25, 0.3) is 0 Å². The zero-order valence-electron chi connectivity index (χ0n) is 14.6. The zero-order chi connectivity index (χ0) is 19.0. The summed E-state index contributed by atoms with van der Waals surface area (Å²) in [5.41, 5.74) is 0.203. The monoisotopic (exact) mass is 397 g/mol. The van der Waals surface area contributed by atoms with Gasteiger partial charge in [-0.25, -0.2) is 0 Å². The normalized spacial score (nSPS) is 25.3. The van der Waals surface area contributed by atoms with Crippen molar-refractivity contribution in [1.82, 2.24) is 15.5 Å². The third-order valence-corrected chi connectivity index (χ3v) is 5.36. The zero-order valence-corrected chi connectivity index (χ0v) is 16.1. The van der Waals surface area contributed by atoms with Crippen LogP contribution in [0.5, 0.6) is 0 Å². The van der Waals surface area contributed by atoms with Gasteiger partial charge in [-0.1, -0.05) is 43.1 Å². The van der Waals surface area contributed by atoms with Gasteiger partial charge in [0.05, 0.1) is 15.6 Å². The molecule has 2 N–H and O–H groups in total. The summed E-state index contributed by atoms with van der Waals surface area (Å²) in [7, 11) is 0. The van der Waals surface area contributed by atoms with E-state index in [9.17, 15) is 14.4 Å². The first-order valence-electron chi connectivity index (χ1n) is 8.63. The first-order valence-corrected chi connectivity index (χ1v) is 9.39. The first kappa shape index (κ1) is 19.0. The van der Waals surface area contributed by atoms with Gasteiger partial charge >= 0.3 is 0 Å². The van der Waals surface area contributed by atoms with Gasteiger partial charge in [0, 0.05) is 12.6 Å². The van der Waals surface area contributed by atoms with E-state index in [1.807, 2.05) is 13.8 Å². The van der Waals surface area contributed by atoms with E-state index in [1.54, 1.807) is 23.1 Å². The van der Waals surface area contributed by atoms with Gasteiger partial charge in [0.15, 0.2) is 0 Å². The molecular formula is C18H21Cl2N3O3. The lowest BCUT2D eigenvalue weighted by atomic mass is 9.99. The number of piperazine rings is 1. The van der Waals surface area contributed by atoms with Crippen LogP contribution in [-0.4, -0.2) is 47.3 Å². The van der Waals surface area contributed by atoms with Crippen molar-refractivity contribution in [1.29, 1.82) is 0 Å². The van der Waals surface area contributed by atoms with Crippen LogP contribution in [0.1, 0.15) is 37.0 Å². The van der Waals surface area contributed by atoms with Gasteiger partial charge in [-0.15, -0.1) is 0 Å². The van der Waals surface area contributed by atoms with E-state index in [-0.39, 0.29) is 33.5 Å². The van der Waals surface area contributed by atoms with Gasteiger partial charge in [-0.2, -0.15) is 0 Å². The van der Waals surface area contributed by atoms with Gasteiger partial charge in [-0.3, -0.25) is 14.4 Å². The highest BCUT2D eigenvalue weighted by molar-refractivity contribution is 6.39. The van der Waals surface area contributed by atoms with E-state index in [0.717, 1.165) is 0 Å². The van der Waals surface area contributed by atoms with Crippen LogP contribution in [0.3, 0.4) is 0 Å². The van der Waals surface area contributed by atoms with Gasteiger partial charge in [-0.05, 0) is 30.9 Å². The summed E-state index contributed by atoms with van der Waals surface area (Å²) in [4.78, 5) is 39.1.